The van der Waals surface area contributed by atoms with Gasteiger partial charge in [-0.05, 0) is 116 Å². The van der Waals surface area contributed by atoms with Crippen LogP contribution in [0.3, 0.4) is 0 Å². The van der Waals surface area contributed by atoms with E-state index >= 15 is 0 Å². The lowest BCUT2D eigenvalue weighted by atomic mass is 9.47. The van der Waals surface area contributed by atoms with Crippen LogP contribution in [0.4, 0.5) is 0 Å². The van der Waals surface area contributed by atoms with Crippen molar-refractivity contribution >= 4 is 5.97 Å². The van der Waals surface area contributed by atoms with E-state index in [1.165, 1.54) is 134 Å². The summed E-state index contributed by atoms with van der Waals surface area (Å²) in [5.41, 5.74) is 2.13. The summed E-state index contributed by atoms with van der Waals surface area (Å²) in [5.74, 6) is 5.24. The fourth-order valence-electron chi connectivity index (χ4n) is 13.8. The summed E-state index contributed by atoms with van der Waals surface area (Å²) in [6.45, 7) is 17.1. The van der Waals surface area contributed by atoms with Crippen molar-refractivity contribution in [2.75, 3.05) is 6.61 Å². The number of hydrogen-bond acceptors (Lipinski definition) is 7. The van der Waals surface area contributed by atoms with Gasteiger partial charge in [-0.25, -0.2) is 0 Å². The largest absolute Gasteiger partial charge is 0.463 e. The maximum Gasteiger partial charge on any atom is 0.305 e. The minimum Gasteiger partial charge on any atom is -0.463 e. The van der Waals surface area contributed by atoms with E-state index in [1.807, 2.05) is 0 Å². The van der Waals surface area contributed by atoms with E-state index < -0.39 is 30.7 Å². The number of aliphatic hydroxyl groups excluding tert-OH is 3. The zero-order valence-corrected chi connectivity index (χ0v) is 40.6. The summed E-state index contributed by atoms with van der Waals surface area (Å²) in [6.07, 6.45) is 30.5. The Kier molecular flexibility index (Phi) is 21.0. The van der Waals surface area contributed by atoms with Gasteiger partial charge in [0.15, 0.2) is 6.29 Å². The van der Waals surface area contributed by atoms with Crippen LogP contribution in [0.15, 0.2) is 11.6 Å². The van der Waals surface area contributed by atoms with Gasteiger partial charge < -0.3 is 29.5 Å². The summed E-state index contributed by atoms with van der Waals surface area (Å²) >= 11 is 0. The summed E-state index contributed by atoms with van der Waals surface area (Å²) in [5, 5.41) is 32.6. The first-order chi connectivity index (χ1) is 29.3. The molecule has 354 valence electrons. The molecule has 3 saturated carbocycles. The summed E-state index contributed by atoms with van der Waals surface area (Å²) in [6, 6.07) is 0. The molecule has 0 aromatic rings. The first kappa shape index (κ1) is 51.0. The number of aliphatic hydroxyl groups is 3. The van der Waals surface area contributed by atoms with Crippen LogP contribution in [0.2, 0.25) is 0 Å². The zero-order valence-electron chi connectivity index (χ0n) is 40.6. The Hall–Kier alpha value is -0.990. The monoisotopic (exact) mass is 857 g/mol. The molecule has 0 bridgehead atoms. The van der Waals surface area contributed by atoms with Crippen LogP contribution in [0.1, 0.15) is 228 Å². The van der Waals surface area contributed by atoms with Gasteiger partial charge in [0.1, 0.15) is 31.0 Å². The van der Waals surface area contributed by atoms with E-state index in [1.54, 1.807) is 0 Å². The van der Waals surface area contributed by atoms with E-state index in [0.29, 0.717) is 17.8 Å². The Labute approximate surface area is 374 Å². The number of rotatable bonds is 27. The second kappa shape index (κ2) is 25.1. The Balaban J connectivity index is 0.998. The molecule has 1 aliphatic heterocycles. The van der Waals surface area contributed by atoms with Gasteiger partial charge in [-0.15, -0.1) is 0 Å². The summed E-state index contributed by atoms with van der Waals surface area (Å²) in [4.78, 5) is 12.6. The number of hydrogen-bond donors (Lipinski definition) is 3. The average molecular weight is 857 g/mol. The van der Waals surface area contributed by atoms with Crippen LogP contribution in [0, 0.1) is 52.3 Å². The molecule has 3 N–H and O–H groups in total. The molecule has 61 heavy (non-hydrogen) atoms. The van der Waals surface area contributed by atoms with E-state index in [4.69, 9.17) is 14.2 Å². The first-order valence-corrected chi connectivity index (χ1v) is 26.5. The predicted molar refractivity (Wildman–Crippen MR) is 249 cm³/mol. The highest BCUT2D eigenvalue weighted by molar-refractivity contribution is 5.69. The van der Waals surface area contributed by atoms with Gasteiger partial charge in [0.05, 0.1) is 6.10 Å². The zero-order chi connectivity index (χ0) is 44.0. The molecule has 0 spiro atoms. The number of ether oxygens (including phenoxy) is 3. The third-order valence-corrected chi connectivity index (χ3v) is 17.9. The summed E-state index contributed by atoms with van der Waals surface area (Å²) < 4.78 is 18.1. The summed E-state index contributed by atoms with van der Waals surface area (Å²) in [7, 11) is 0. The Bertz CT molecular complexity index is 1300. The molecule has 4 fully saturated rings. The smallest absolute Gasteiger partial charge is 0.305 e. The third kappa shape index (κ3) is 13.5. The molecule has 1 heterocycles. The van der Waals surface area contributed by atoms with Crippen molar-refractivity contribution in [1.29, 1.82) is 0 Å². The molecule has 4 aliphatic carbocycles. The first-order valence-electron chi connectivity index (χ1n) is 26.5. The van der Waals surface area contributed by atoms with Gasteiger partial charge in [-0.2, -0.15) is 0 Å². The maximum absolute atomic E-state index is 12.6. The van der Waals surface area contributed by atoms with Crippen LogP contribution in [0.5, 0.6) is 0 Å². The molecule has 5 rings (SSSR count). The number of carbonyl (C=O) groups excluding carboxylic acids is 1. The number of fused-ring (bicyclic) bond motifs is 5. The van der Waals surface area contributed by atoms with E-state index in [2.05, 4.69) is 54.5 Å². The van der Waals surface area contributed by atoms with Gasteiger partial charge in [-0.3, -0.25) is 4.79 Å². The SMILES string of the molecule is CCCCCCCCCCCCCCCCCCC(=O)OC[C@H]1O[C@@H](O[C@H]2CC[C@@]3(C)C(=CC[C@H]4[C@@H]5CC[C@H]([C@H](C)CC[C@H](CC)C(C)C)[C@@]5(C)CC[C@@H]43)C2)[C@H](O)[C@@H](O)[C@@H]1O. The van der Waals surface area contributed by atoms with Crippen molar-refractivity contribution in [2.24, 2.45) is 52.3 Å². The Morgan fingerprint density at radius 1 is 0.754 bits per heavy atom. The highest BCUT2D eigenvalue weighted by Crippen LogP contribution is 2.67. The predicted octanol–water partition coefficient (Wildman–Crippen LogP) is 13.1. The van der Waals surface area contributed by atoms with Crippen molar-refractivity contribution in [3.05, 3.63) is 11.6 Å². The Morgan fingerprint density at radius 3 is 1.98 bits per heavy atom. The molecule has 0 amide bonds. The number of esters is 1. The van der Waals surface area contributed by atoms with Crippen molar-refractivity contribution < 1.29 is 34.3 Å². The highest BCUT2D eigenvalue weighted by atomic mass is 16.7. The molecule has 7 nitrogen and oxygen atoms in total. The number of carbonyl (C=O) groups is 1. The van der Waals surface area contributed by atoms with Gasteiger partial charge in [0, 0.05) is 6.42 Å². The normalized spacial score (nSPS) is 35.9. The minimum absolute atomic E-state index is 0.139. The van der Waals surface area contributed by atoms with Crippen LogP contribution >= 0.6 is 0 Å². The second-order valence-electron chi connectivity index (χ2n) is 22.2. The lowest BCUT2D eigenvalue weighted by Gasteiger charge is -2.58. The molecular weight excluding hydrogens is 761 g/mol. The van der Waals surface area contributed by atoms with Crippen molar-refractivity contribution in [3.63, 3.8) is 0 Å². The van der Waals surface area contributed by atoms with Crippen molar-refractivity contribution in [1.82, 2.24) is 0 Å². The third-order valence-electron chi connectivity index (χ3n) is 17.9. The quantitative estimate of drug-likeness (QED) is 0.0429. The Morgan fingerprint density at radius 2 is 1.38 bits per heavy atom. The standard InChI is InChI=1S/C54H96O7/c1-8-10-11-12-13-14-15-16-17-18-19-20-21-22-23-24-25-48(55)59-37-47-49(56)50(57)51(58)52(61-47)60-42-32-34-53(6)41(36-42)28-29-43-45-31-30-44(54(45,7)35-33-46(43)53)39(5)26-27-40(9-2)38(3)4/h28,38-40,42-47,49-52,56-58H,8-27,29-37H2,1-7H3/t39-,40+,42+,43+,44-,45+,46+,47-,49-,50+,51-,52-,53+,54-/m1/s1. The van der Waals surface area contributed by atoms with Gasteiger partial charge in [0.2, 0.25) is 0 Å². The van der Waals surface area contributed by atoms with E-state index in [-0.39, 0.29) is 24.1 Å². The van der Waals surface area contributed by atoms with Crippen molar-refractivity contribution in [2.45, 2.75) is 265 Å². The van der Waals surface area contributed by atoms with E-state index in [9.17, 15) is 20.1 Å². The maximum atomic E-state index is 12.6. The second-order valence-corrected chi connectivity index (χ2v) is 22.2. The van der Waals surface area contributed by atoms with Crippen LogP contribution in [-0.4, -0.2) is 64.7 Å². The van der Waals surface area contributed by atoms with Crippen LogP contribution < -0.4 is 0 Å². The number of unbranched alkanes of at least 4 members (excludes halogenated alkanes) is 15. The molecule has 0 aromatic carbocycles. The molecule has 7 heteroatoms. The van der Waals surface area contributed by atoms with Gasteiger partial charge in [-0.1, -0.05) is 169 Å². The molecule has 0 radical (unpaired) electrons. The lowest BCUT2D eigenvalue weighted by molar-refractivity contribution is -0.313. The van der Waals surface area contributed by atoms with Crippen LogP contribution in [-0.2, 0) is 19.0 Å². The van der Waals surface area contributed by atoms with Crippen LogP contribution in [0.25, 0.3) is 0 Å². The minimum atomic E-state index is -1.44. The van der Waals surface area contributed by atoms with Crippen molar-refractivity contribution in [3.8, 4) is 0 Å². The molecule has 1 saturated heterocycles. The molecule has 0 unspecified atom stereocenters. The topological polar surface area (TPSA) is 105 Å². The fourth-order valence-corrected chi connectivity index (χ4v) is 13.8. The molecule has 14 atom stereocenters. The molecule has 5 aliphatic rings. The molecular formula is C54H96O7. The lowest BCUT2D eigenvalue weighted by Crippen LogP contribution is -2.60. The number of allylic oxidation sites excluding steroid dienone is 1. The fraction of sp³-hybridized carbons (Fsp3) is 0.944. The van der Waals surface area contributed by atoms with Gasteiger partial charge >= 0.3 is 5.97 Å². The highest BCUT2D eigenvalue weighted by Gasteiger charge is 2.59. The average Bonchev–Trinajstić information content (AvgIpc) is 3.60. The molecule has 0 aromatic heterocycles. The van der Waals surface area contributed by atoms with Gasteiger partial charge in [0.25, 0.3) is 0 Å². The van der Waals surface area contributed by atoms with E-state index in [0.717, 1.165) is 80.5 Å².